The highest BCUT2D eigenvalue weighted by molar-refractivity contribution is 5.98. The van der Waals surface area contributed by atoms with Crippen LogP contribution >= 0.6 is 0 Å². The largest absolute Gasteiger partial charge is 0.381 e. The Labute approximate surface area is 135 Å². The molecule has 5 nitrogen and oxygen atoms in total. The molecule has 1 aromatic heterocycles. The Kier molecular flexibility index (Phi) is 5.03. The Morgan fingerprint density at radius 1 is 1.22 bits per heavy atom. The molecule has 1 amide bonds. The maximum absolute atomic E-state index is 13.5. The number of carbonyl (C=O) groups is 1. The van der Waals surface area contributed by atoms with Crippen molar-refractivity contribution in [2.75, 3.05) is 10.6 Å². The number of aryl methyl sites for hydroxylation is 2. The summed E-state index contributed by atoms with van der Waals surface area (Å²) in [5, 5.41) is 13.0. The molecule has 0 spiro atoms. The van der Waals surface area contributed by atoms with E-state index >= 15 is 0 Å². The SMILES string of the molecule is Cc1n[nH]c(C)c1[C@@H](C)C(=O)Nc1ccc(F)cc1NC(C)C. The Bertz CT molecular complexity index is 689. The molecule has 0 saturated heterocycles. The number of carbonyl (C=O) groups excluding carboxylic acids is 1. The summed E-state index contributed by atoms with van der Waals surface area (Å²) < 4.78 is 13.5. The zero-order valence-electron chi connectivity index (χ0n) is 14.1. The molecule has 0 unspecified atom stereocenters. The third-order valence-corrected chi connectivity index (χ3v) is 3.70. The van der Waals surface area contributed by atoms with E-state index in [-0.39, 0.29) is 23.7 Å². The molecule has 0 aliphatic carbocycles. The molecule has 0 saturated carbocycles. The van der Waals surface area contributed by atoms with Crippen molar-refractivity contribution in [2.45, 2.75) is 46.6 Å². The van der Waals surface area contributed by atoms with Gasteiger partial charge in [0.2, 0.25) is 5.91 Å². The van der Waals surface area contributed by atoms with Gasteiger partial charge in [0, 0.05) is 17.3 Å². The molecular weight excluding hydrogens is 295 g/mol. The zero-order valence-corrected chi connectivity index (χ0v) is 14.1. The maximum Gasteiger partial charge on any atom is 0.231 e. The van der Waals surface area contributed by atoms with Crippen LogP contribution in [0.3, 0.4) is 0 Å². The number of aromatic amines is 1. The van der Waals surface area contributed by atoms with E-state index in [1.54, 1.807) is 6.07 Å². The van der Waals surface area contributed by atoms with Crippen molar-refractivity contribution in [3.05, 3.63) is 41.0 Å². The number of H-pyrrole nitrogens is 1. The van der Waals surface area contributed by atoms with Gasteiger partial charge in [0.25, 0.3) is 0 Å². The Balaban J connectivity index is 2.23. The molecule has 1 heterocycles. The van der Waals surface area contributed by atoms with Crippen LogP contribution in [0.15, 0.2) is 18.2 Å². The number of nitrogens with one attached hydrogen (secondary N) is 3. The summed E-state index contributed by atoms with van der Waals surface area (Å²) in [5.41, 5.74) is 3.72. The number of hydrogen-bond acceptors (Lipinski definition) is 3. The number of aromatic nitrogens is 2. The standard InChI is InChI=1S/C17H23FN4O/c1-9(2)19-15-8-13(18)6-7-14(15)20-17(23)10(3)16-11(4)21-22-12(16)5/h6-10,19H,1-5H3,(H,20,23)(H,21,22)/t10-/m1/s1. The molecule has 0 fully saturated rings. The first-order valence-electron chi connectivity index (χ1n) is 7.68. The quantitative estimate of drug-likeness (QED) is 0.787. The van der Waals surface area contributed by atoms with E-state index in [1.807, 2.05) is 34.6 Å². The van der Waals surface area contributed by atoms with Gasteiger partial charge in [0.05, 0.1) is 23.0 Å². The lowest BCUT2D eigenvalue weighted by molar-refractivity contribution is -0.117. The van der Waals surface area contributed by atoms with E-state index in [4.69, 9.17) is 0 Å². The summed E-state index contributed by atoms with van der Waals surface area (Å²) in [6.45, 7) is 9.50. The normalized spacial score (nSPS) is 12.3. The third-order valence-electron chi connectivity index (χ3n) is 3.70. The maximum atomic E-state index is 13.5. The van der Waals surface area contributed by atoms with E-state index in [9.17, 15) is 9.18 Å². The first-order valence-corrected chi connectivity index (χ1v) is 7.68. The number of nitrogens with zero attached hydrogens (tertiary/aromatic N) is 1. The second kappa shape index (κ2) is 6.81. The molecule has 3 N–H and O–H groups in total. The average molecular weight is 318 g/mol. The van der Waals surface area contributed by atoms with Crippen molar-refractivity contribution in [3.8, 4) is 0 Å². The fourth-order valence-electron chi connectivity index (χ4n) is 2.63. The molecule has 1 aromatic carbocycles. The number of anilines is 2. The smallest absolute Gasteiger partial charge is 0.231 e. The first-order chi connectivity index (χ1) is 10.8. The van der Waals surface area contributed by atoms with Gasteiger partial charge in [-0.2, -0.15) is 5.10 Å². The van der Waals surface area contributed by atoms with Gasteiger partial charge < -0.3 is 10.6 Å². The van der Waals surface area contributed by atoms with Gasteiger partial charge in [0.15, 0.2) is 0 Å². The number of hydrogen-bond donors (Lipinski definition) is 3. The van der Waals surface area contributed by atoms with E-state index in [0.29, 0.717) is 11.4 Å². The predicted molar refractivity (Wildman–Crippen MR) is 90.3 cm³/mol. The van der Waals surface area contributed by atoms with Crippen LogP contribution in [0, 0.1) is 19.7 Å². The van der Waals surface area contributed by atoms with Crippen LogP contribution < -0.4 is 10.6 Å². The molecule has 6 heteroatoms. The first kappa shape index (κ1) is 17.0. The van der Waals surface area contributed by atoms with Crippen LogP contribution in [-0.4, -0.2) is 22.1 Å². The fraction of sp³-hybridized carbons (Fsp3) is 0.412. The molecule has 0 bridgehead atoms. The highest BCUT2D eigenvalue weighted by Crippen LogP contribution is 2.27. The van der Waals surface area contributed by atoms with Crippen molar-refractivity contribution in [2.24, 2.45) is 0 Å². The molecule has 0 aliphatic heterocycles. The summed E-state index contributed by atoms with van der Waals surface area (Å²) in [7, 11) is 0. The molecule has 23 heavy (non-hydrogen) atoms. The molecule has 1 atom stereocenters. The van der Waals surface area contributed by atoms with Crippen molar-refractivity contribution >= 4 is 17.3 Å². The second-order valence-corrected chi connectivity index (χ2v) is 6.05. The molecule has 2 rings (SSSR count). The highest BCUT2D eigenvalue weighted by atomic mass is 19.1. The van der Waals surface area contributed by atoms with Crippen LogP contribution in [0.1, 0.15) is 43.6 Å². The van der Waals surface area contributed by atoms with Gasteiger partial charge in [-0.25, -0.2) is 4.39 Å². The van der Waals surface area contributed by atoms with E-state index < -0.39 is 0 Å². The topological polar surface area (TPSA) is 69.8 Å². The number of rotatable bonds is 5. The lowest BCUT2D eigenvalue weighted by Gasteiger charge is -2.18. The lowest BCUT2D eigenvalue weighted by atomic mass is 9.98. The fourth-order valence-corrected chi connectivity index (χ4v) is 2.63. The minimum Gasteiger partial charge on any atom is -0.381 e. The van der Waals surface area contributed by atoms with Gasteiger partial charge in [-0.3, -0.25) is 9.89 Å². The molecule has 124 valence electrons. The lowest BCUT2D eigenvalue weighted by Crippen LogP contribution is -2.21. The van der Waals surface area contributed by atoms with Crippen LogP contribution in [-0.2, 0) is 4.79 Å². The Morgan fingerprint density at radius 2 is 1.91 bits per heavy atom. The van der Waals surface area contributed by atoms with E-state index in [0.717, 1.165) is 17.0 Å². The average Bonchev–Trinajstić information content (AvgIpc) is 2.79. The summed E-state index contributed by atoms with van der Waals surface area (Å²) >= 11 is 0. The van der Waals surface area contributed by atoms with Gasteiger partial charge in [-0.1, -0.05) is 0 Å². The van der Waals surface area contributed by atoms with Crippen LogP contribution in [0.2, 0.25) is 0 Å². The van der Waals surface area contributed by atoms with Crippen molar-refractivity contribution in [1.29, 1.82) is 0 Å². The monoisotopic (exact) mass is 318 g/mol. The van der Waals surface area contributed by atoms with Crippen molar-refractivity contribution in [3.63, 3.8) is 0 Å². The van der Waals surface area contributed by atoms with Crippen LogP contribution in [0.5, 0.6) is 0 Å². The van der Waals surface area contributed by atoms with E-state index in [2.05, 4.69) is 20.8 Å². The third kappa shape index (κ3) is 3.88. The summed E-state index contributed by atoms with van der Waals surface area (Å²) in [6.07, 6.45) is 0. The summed E-state index contributed by atoms with van der Waals surface area (Å²) in [5.74, 6) is -0.859. The Hall–Kier alpha value is -2.37. The second-order valence-electron chi connectivity index (χ2n) is 6.05. The molecule has 0 radical (unpaired) electrons. The molecule has 2 aromatic rings. The van der Waals surface area contributed by atoms with Crippen molar-refractivity contribution < 1.29 is 9.18 Å². The van der Waals surface area contributed by atoms with Gasteiger partial charge in [-0.05, 0) is 52.8 Å². The number of halogens is 1. The molecule has 0 aliphatic rings. The highest BCUT2D eigenvalue weighted by Gasteiger charge is 2.22. The minimum atomic E-state index is -0.356. The van der Waals surface area contributed by atoms with Crippen molar-refractivity contribution in [1.82, 2.24) is 10.2 Å². The minimum absolute atomic E-state index is 0.128. The van der Waals surface area contributed by atoms with Crippen LogP contribution in [0.25, 0.3) is 0 Å². The zero-order chi connectivity index (χ0) is 17.1. The predicted octanol–water partition coefficient (Wildman–Crippen LogP) is 3.73. The van der Waals surface area contributed by atoms with Crippen LogP contribution in [0.4, 0.5) is 15.8 Å². The van der Waals surface area contributed by atoms with Gasteiger partial charge in [0.1, 0.15) is 5.82 Å². The number of amides is 1. The van der Waals surface area contributed by atoms with E-state index in [1.165, 1.54) is 12.1 Å². The van der Waals surface area contributed by atoms with Gasteiger partial charge in [-0.15, -0.1) is 0 Å². The summed E-state index contributed by atoms with van der Waals surface area (Å²) in [4.78, 5) is 12.6. The molecular formula is C17H23FN4O. The Morgan fingerprint density at radius 3 is 2.48 bits per heavy atom. The van der Waals surface area contributed by atoms with Gasteiger partial charge >= 0.3 is 0 Å². The number of benzene rings is 1. The summed E-state index contributed by atoms with van der Waals surface area (Å²) in [6, 6.07) is 4.41.